The highest BCUT2D eigenvalue weighted by atomic mass is 79.9. The summed E-state index contributed by atoms with van der Waals surface area (Å²) in [5.74, 6) is -1.76. The molecule has 3 rings (SSSR count). The smallest absolute Gasteiger partial charge is 0.329 e. The van der Waals surface area contributed by atoms with Gasteiger partial charge in [-0.3, -0.25) is 9.59 Å². The summed E-state index contributed by atoms with van der Waals surface area (Å²) in [4.78, 5) is 23.8. The number of para-hydroxylation sites is 1. The predicted octanol–water partition coefficient (Wildman–Crippen LogP) is 4.57. The van der Waals surface area contributed by atoms with Gasteiger partial charge >= 0.3 is 11.8 Å². The zero-order valence-corrected chi connectivity index (χ0v) is 19.5. The number of amides is 2. The number of methoxy groups -OCH3 is 1. The SMILES string of the molecule is COc1cc(/C=N/NC(=O)C(=O)Nc2ccccc2F)cc(Br)c1OCc1ccc(C)cc1. The lowest BCUT2D eigenvalue weighted by atomic mass is 10.2. The summed E-state index contributed by atoms with van der Waals surface area (Å²) in [6.45, 7) is 2.37. The van der Waals surface area contributed by atoms with Crippen molar-refractivity contribution in [2.45, 2.75) is 13.5 Å². The summed E-state index contributed by atoms with van der Waals surface area (Å²) in [7, 11) is 1.51. The first-order valence-corrected chi connectivity index (χ1v) is 10.6. The van der Waals surface area contributed by atoms with Gasteiger partial charge in [0, 0.05) is 0 Å². The highest BCUT2D eigenvalue weighted by Gasteiger charge is 2.15. The molecule has 9 heteroatoms. The second-order valence-corrected chi connectivity index (χ2v) is 7.80. The minimum atomic E-state index is -1.05. The summed E-state index contributed by atoms with van der Waals surface area (Å²) in [6.07, 6.45) is 1.34. The normalized spacial score (nSPS) is 10.7. The van der Waals surface area contributed by atoms with Crippen LogP contribution in [0, 0.1) is 12.7 Å². The first-order valence-electron chi connectivity index (χ1n) is 9.82. The molecular weight excluding hydrogens is 493 g/mol. The fourth-order valence-electron chi connectivity index (χ4n) is 2.75. The van der Waals surface area contributed by atoms with Crippen LogP contribution in [0.4, 0.5) is 10.1 Å². The minimum absolute atomic E-state index is 0.100. The maximum Gasteiger partial charge on any atom is 0.329 e. The molecule has 0 radical (unpaired) electrons. The molecule has 170 valence electrons. The summed E-state index contributed by atoms with van der Waals surface area (Å²) in [5, 5.41) is 5.96. The van der Waals surface area contributed by atoms with Gasteiger partial charge in [-0.15, -0.1) is 0 Å². The average Bonchev–Trinajstić information content (AvgIpc) is 2.80. The van der Waals surface area contributed by atoms with Gasteiger partial charge in [-0.2, -0.15) is 5.10 Å². The van der Waals surface area contributed by atoms with E-state index in [0.717, 1.165) is 11.1 Å². The Hall–Kier alpha value is -3.72. The van der Waals surface area contributed by atoms with E-state index in [0.29, 0.717) is 28.1 Å². The van der Waals surface area contributed by atoms with Gasteiger partial charge in [0.2, 0.25) is 0 Å². The van der Waals surface area contributed by atoms with Crippen molar-refractivity contribution in [1.29, 1.82) is 0 Å². The molecule has 0 saturated heterocycles. The maximum atomic E-state index is 13.6. The lowest BCUT2D eigenvalue weighted by Crippen LogP contribution is -2.32. The lowest BCUT2D eigenvalue weighted by Gasteiger charge is -2.13. The third-order valence-corrected chi connectivity index (χ3v) is 5.05. The van der Waals surface area contributed by atoms with Gasteiger partial charge < -0.3 is 14.8 Å². The van der Waals surface area contributed by atoms with Crippen molar-refractivity contribution < 1.29 is 23.5 Å². The molecule has 7 nitrogen and oxygen atoms in total. The number of hydrogen-bond acceptors (Lipinski definition) is 5. The average molecular weight is 514 g/mol. The van der Waals surface area contributed by atoms with Crippen LogP contribution in [0.5, 0.6) is 11.5 Å². The van der Waals surface area contributed by atoms with Crippen LogP contribution in [0.15, 0.2) is 70.2 Å². The molecule has 0 spiro atoms. The van der Waals surface area contributed by atoms with Crippen LogP contribution in [-0.2, 0) is 16.2 Å². The van der Waals surface area contributed by atoms with Crippen LogP contribution in [0.25, 0.3) is 0 Å². The number of benzene rings is 3. The van der Waals surface area contributed by atoms with Gasteiger partial charge in [0.25, 0.3) is 0 Å². The maximum absolute atomic E-state index is 13.6. The standard InChI is InChI=1S/C24H21BrFN3O4/c1-15-7-9-16(10-8-15)14-33-22-18(25)11-17(12-21(22)32-2)13-27-29-24(31)23(30)28-20-6-4-3-5-19(20)26/h3-13H,14H2,1-2H3,(H,28,30)(H,29,31)/b27-13+. The third kappa shape index (κ3) is 6.63. The Morgan fingerprint density at radius 2 is 1.82 bits per heavy atom. The molecule has 0 fully saturated rings. The molecule has 0 bridgehead atoms. The van der Waals surface area contributed by atoms with Crippen molar-refractivity contribution in [1.82, 2.24) is 5.43 Å². The van der Waals surface area contributed by atoms with Gasteiger partial charge in [0.05, 0.1) is 23.5 Å². The van der Waals surface area contributed by atoms with Gasteiger partial charge in [-0.1, -0.05) is 42.0 Å². The van der Waals surface area contributed by atoms with E-state index in [-0.39, 0.29) is 5.69 Å². The van der Waals surface area contributed by atoms with Crippen LogP contribution in [0.1, 0.15) is 16.7 Å². The molecule has 0 saturated carbocycles. The number of nitrogens with one attached hydrogen (secondary N) is 2. The van der Waals surface area contributed by atoms with Gasteiger partial charge in [-0.05, 0) is 58.2 Å². The molecule has 0 heterocycles. The third-order valence-electron chi connectivity index (χ3n) is 4.46. The Kier molecular flexibility index (Phi) is 8.15. The molecule has 0 unspecified atom stereocenters. The number of nitrogens with zero attached hydrogens (tertiary/aromatic N) is 1. The van der Waals surface area contributed by atoms with Crippen molar-refractivity contribution in [3.8, 4) is 11.5 Å². The van der Waals surface area contributed by atoms with E-state index in [4.69, 9.17) is 9.47 Å². The molecule has 3 aromatic carbocycles. The fourth-order valence-corrected chi connectivity index (χ4v) is 3.33. The molecule has 0 aliphatic carbocycles. The monoisotopic (exact) mass is 513 g/mol. The molecule has 2 N–H and O–H groups in total. The van der Waals surface area contributed by atoms with Crippen LogP contribution >= 0.6 is 15.9 Å². The predicted molar refractivity (Wildman–Crippen MR) is 127 cm³/mol. The Morgan fingerprint density at radius 1 is 1.09 bits per heavy atom. The van der Waals surface area contributed by atoms with Gasteiger partial charge in [0.15, 0.2) is 11.5 Å². The van der Waals surface area contributed by atoms with Crippen molar-refractivity contribution >= 4 is 39.6 Å². The lowest BCUT2D eigenvalue weighted by molar-refractivity contribution is -0.136. The number of carbonyl (C=O) groups excluding carboxylic acids is 2. The van der Waals surface area contributed by atoms with Crippen molar-refractivity contribution in [3.05, 3.63) is 87.6 Å². The second kappa shape index (κ2) is 11.2. The van der Waals surface area contributed by atoms with Crippen molar-refractivity contribution in [2.75, 3.05) is 12.4 Å². The number of aryl methyl sites for hydroxylation is 1. The van der Waals surface area contributed by atoms with E-state index < -0.39 is 17.6 Å². The second-order valence-electron chi connectivity index (χ2n) is 6.94. The summed E-state index contributed by atoms with van der Waals surface area (Å²) >= 11 is 3.46. The van der Waals surface area contributed by atoms with Crippen LogP contribution in [0.2, 0.25) is 0 Å². The number of hydrogen-bond donors (Lipinski definition) is 2. The molecule has 0 atom stereocenters. The molecule has 0 aromatic heterocycles. The van der Waals surface area contributed by atoms with E-state index in [1.807, 2.05) is 31.2 Å². The fraction of sp³-hybridized carbons (Fsp3) is 0.125. The van der Waals surface area contributed by atoms with Crippen LogP contribution in [0.3, 0.4) is 0 Å². The Labute approximate surface area is 198 Å². The largest absolute Gasteiger partial charge is 0.493 e. The number of rotatable bonds is 7. The van der Waals surface area contributed by atoms with Crippen LogP contribution < -0.4 is 20.2 Å². The number of ether oxygens (including phenoxy) is 2. The van der Waals surface area contributed by atoms with E-state index in [1.165, 1.54) is 37.6 Å². The Balaban J connectivity index is 1.62. The zero-order valence-electron chi connectivity index (χ0n) is 17.9. The summed E-state index contributed by atoms with van der Waals surface area (Å²) < 4.78 is 25.5. The number of halogens is 2. The van der Waals surface area contributed by atoms with Gasteiger partial charge in [0.1, 0.15) is 12.4 Å². The summed E-state index contributed by atoms with van der Waals surface area (Å²) in [6, 6.07) is 16.9. The number of hydrazone groups is 1. The van der Waals surface area contributed by atoms with Crippen LogP contribution in [-0.4, -0.2) is 25.1 Å². The topological polar surface area (TPSA) is 89.0 Å². The van der Waals surface area contributed by atoms with E-state index in [2.05, 4.69) is 31.8 Å². The molecule has 33 heavy (non-hydrogen) atoms. The van der Waals surface area contributed by atoms with Crippen molar-refractivity contribution in [2.24, 2.45) is 5.10 Å². The van der Waals surface area contributed by atoms with E-state index in [9.17, 15) is 14.0 Å². The Morgan fingerprint density at radius 3 is 2.52 bits per heavy atom. The highest BCUT2D eigenvalue weighted by Crippen LogP contribution is 2.36. The quantitative estimate of drug-likeness (QED) is 0.275. The molecule has 3 aromatic rings. The minimum Gasteiger partial charge on any atom is -0.493 e. The van der Waals surface area contributed by atoms with E-state index in [1.54, 1.807) is 12.1 Å². The Bertz CT molecular complexity index is 1180. The molecule has 2 amide bonds. The molecule has 0 aliphatic heterocycles. The number of carbonyl (C=O) groups is 2. The van der Waals surface area contributed by atoms with E-state index >= 15 is 0 Å². The first kappa shape index (κ1) is 23.9. The van der Waals surface area contributed by atoms with Crippen molar-refractivity contribution in [3.63, 3.8) is 0 Å². The highest BCUT2D eigenvalue weighted by molar-refractivity contribution is 9.10. The molecule has 0 aliphatic rings. The zero-order chi connectivity index (χ0) is 23.8. The van der Waals surface area contributed by atoms with Gasteiger partial charge in [-0.25, -0.2) is 9.82 Å². The summed E-state index contributed by atoms with van der Waals surface area (Å²) in [5.41, 5.74) is 4.76. The first-order chi connectivity index (χ1) is 15.9. The molecular formula is C24H21BrFN3O4. The number of anilines is 1.